The Labute approximate surface area is 191 Å². The first-order valence-electron chi connectivity index (χ1n) is 12.4. The summed E-state index contributed by atoms with van der Waals surface area (Å²) in [4.78, 5) is 0. The lowest BCUT2D eigenvalue weighted by Crippen LogP contribution is -2.10. The van der Waals surface area contributed by atoms with Crippen molar-refractivity contribution in [1.82, 2.24) is 0 Å². The Balaban J connectivity index is 4.52. The molecule has 0 aromatic carbocycles. The Bertz CT molecular complexity index is 529. The molecule has 0 spiro atoms. The molecule has 0 heteroatoms. The van der Waals surface area contributed by atoms with Crippen molar-refractivity contribution in [3.8, 4) is 0 Å². The second kappa shape index (κ2) is 14.9. The summed E-state index contributed by atoms with van der Waals surface area (Å²) in [6.45, 7) is 29.0. The van der Waals surface area contributed by atoms with Gasteiger partial charge in [-0.25, -0.2) is 0 Å². The Morgan fingerprint density at radius 3 is 1.87 bits per heavy atom. The van der Waals surface area contributed by atoms with E-state index in [2.05, 4.69) is 80.4 Å². The van der Waals surface area contributed by atoms with Crippen molar-refractivity contribution in [1.29, 1.82) is 0 Å². The molecule has 0 amide bonds. The van der Waals surface area contributed by atoms with Crippen LogP contribution in [0.5, 0.6) is 0 Å². The SMILES string of the molecule is C=C(C)CCCCCC/C=C/CC(CC(=C)CCC(C)(C)C)C(=C)CCC(C)(C)C. The minimum Gasteiger partial charge on any atom is -0.100 e. The highest BCUT2D eigenvalue weighted by atomic mass is 14.2. The van der Waals surface area contributed by atoms with Gasteiger partial charge in [-0.15, -0.1) is 6.58 Å². The van der Waals surface area contributed by atoms with Gasteiger partial charge in [0, 0.05) is 0 Å². The molecule has 174 valence electrons. The normalized spacial score (nSPS) is 13.6. The molecule has 0 aliphatic carbocycles. The highest BCUT2D eigenvalue weighted by molar-refractivity contribution is 5.10. The summed E-state index contributed by atoms with van der Waals surface area (Å²) in [6.07, 6.45) is 19.4. The number of hydrogen-bond donors (Lipinski definition) is 0. The van der Waals surface area contributed by atoms with Crippen LogP contribution < -0.4 is 0 Å². The molecule has 0 radical (unpaired) electrons. The fourth-order valence-electron chi connectivity index (χ4n) is 3.56. The van der Waals surface area contributed by atoms with Crippen LogP contribution in [0, 0.1) is 16.7 Å². The molecule has 0 aromatic rings. The molecule has 0 heterocycles. The summed E-state index contributed by atoms with van der Waals surface area (Å²) in [7, 11) is 0. The number of hydrogen-bond acceptors (Lipinski definition) is 0. The van der Waals surface area contributed by atoms with E-state index < -0.39 is 0 Å². The van der Waals surface area contributed by atoms with E-state index in [0.29, 0.717) is 16.7 Å². The molecular formula is C30H54. The van der Waals surface area contributed by atoms with E-state index in [1.165, 1.54) is 68.1 Å². The average Bonchev–Trinajstić information content (AvgIpc) is 2.60. The summed E-state index contributed by atoms with van der Waals surface area (Å²) < 4.78 is 0. The summed E-state index contributed by atoms with van der Waals surface area (Å²) >= 11 is 0. The molecule has 0 aromatic heterocycles. The zero-order chi connectivity index (χ0) is 23.2. The van der Waals surface area contributed by atoms with Crippen LogP contribution in [0.1, 0.15) is 126 Å². The highest BCUT2D eigenvalue weighted by Gasteiger charge is 2.18. The quantitative estimate of drug-likeness (QED) is 0.174. The molecule has 0 aliphatic rings. The number of unbranched alkanes of at least 4 members (excludes halogenated alkanes) is 4. The maximum atomic E-state index is 4.50. The number of rotatable bonds is 16. The van der Waals surface area contributed by atoms with Crippen molar-refractivity contribution in [3.05, 3.63) is 48.6 Å². The molecule has 0 aliphatic heterocycles. The van der Waals surface area contributed by atoms with Crippen molar-refractivity contribution in [2.24, 2.45) is 16.7 Å². The minimum atomic E-state index is 0.372. The maximum Gasteiger partial charge on any atom is -0.0134 e. The van der Waals surface area contributed by atoms with Crippen molar-refractivity contribution in [3.63, 3.8) is 0 Å². The molecule has 0 saturated heterocycles. The van der Waals surface area contributed by atoms with E-state index in [9.17, 15) is 0 Å². The van der Waals surface area contributed by atoms with Crippen molar-refractivity contribution in [2.45, 2.75) is 126 Å². The predicted octanol–water partition coefficient (Wildman–Crippen LogP) is 10.6. The minimum absolute atomic E-state index is 0.372. The standard InChI is InChI=1S/C30H54/c1-25(2)18-16-14-12-11-13-15-17-19-28(27(4)21-23-30(8,9)10)24-26(3)20-22-29(5,6)7/h15,17,28H,1,3-4,11-14,16,18-24H2,2,5-10H3/b17-15+. The van der Waals surface area contributed by atoms with E-state index in [1.807, 2.05) is 0 Å². The third-order valence-corrected chi connectivity index (χ3v) is 5.85. The van der Waals surface area contributed by atoms with Gasteiger partial charge < -0.3 is 0 Å². The van der Waals surface area contributed by atoms with Crippen LogP contribution >= 0.6 is 0 Å². The molecule has 0 saturated carbocycles. The van der Waals surface area contributed by atoms with Crippen LogP contribution in [0.25, 0.3) is 0 Å². The van der Waals surface area contributed by atoms with Crippen LogP contribution in [0.2, 0.25) is 0 Å². The van der Waals surface area contributed by atoms with Crippen LogP contribution in [0.4, 0.5) is 0 Å². The maximum absolute atomic E-state index is 4.50. The largest absolute Gasteiger partial charge is 0.100 e. The molecule has 0 N–H and O–H groups in total. The highest BCUT2D eigenvalue weighted by Crippen LogP contribution is 2.32. The predicted molar refractivity (Wildman–Crippen MR) is 140 cm³/mol. The summed E-state index contributed by atoms with van der Waals surface area (Å²) in [5.74, 6) is 0.548. The Kier molecular flexibility index (Phi) is 14.4. The Morgan fingerprint density at radius 1 is 0.733 bits per heavy atom. The molecule has 1 atom stereocenters. The summed E-state index contributed by atoms with van der Waals surface area (Å²) in [5.41, 5.74) is 4.89. The second-order valence-corrected chi connectivity index (χ2v) is 12.0. The molecule has 1 unspecified atom stereocenters. The van der Waals surface area contributed by atoms with Gasteiger partial charge in [0.25, 0.3) is 0 Å². The van der Waals surface area contributed by atoms with Gasteiger partial charge in [-0.1, -0.05) is 96.4 Å². The van der Waals surface area contributed by atoms with E-state index in [0.717, 1.165) is 25.7 Å². The lowest BCUT2D eigenvalue weighted by Gasteiger charge is -2.25. The molecule has 30 heavy (non-hydrogen) atoms. The van der Waals surface area contributed by atoms with Gasteiger partial charge in [-0.3, -0.25) is 0 Å². The first-order valence-corrected chi connectivity index (χ1v) is 12.4. The Hall–Kier alpha value is -1.04. The van der Waals surface area contributed by atoms with Crippen LogP contribution in [-0.2, 0) is 0 Å². The van der Waals surface area contributed by atoms with Crippen molar-refractivity contribution in [2.75, 3.05) is 0 Å². The van der Waals surface area contributed by atoms with Gasteiger partial charge in [0.15, 0.2) is 0 Å². The monoisotopic (exact) mass is 414 g/mol. The second-order valence-electron chi connectivity index (χ2n) is 12.0. The number of allylic oxidation sites excluding steroid dienone is 5. The Morgan fingerprint density at radius 2 is 1.30 bits per heavy atom. The summed E-state index contributed by atoms with van der Waals surface area (Å²) in [5, 5.41) is 0. The lowest BCUT2D eigenvalue weighted by molar-refractivity contribution is 0.364. The van der Waals surface area contributed by atoms with Crippen LogP contribution in [-0.4, -0.2) is 0 Å². The summed E-state index contributed by atoms with van der Waals surface area (Å²) in [6, 6.07) is 0. The van der Waals surface area contributed by atoms with Gasteiger partial charge in [-0.05, 0) is 87.9 Å². The molecular weight excluding hydrogens is 360 g/mol. The van der Waals surface area contributed by atoms with Gasteiger partial charge >= 0.3 is 0 Å². The van der Waals surface area contributed by atoms with Gasteiger partial charge in [-0.2, -0.15) is 0 Å². The lowest BCUT2D eigenvalue weighted by atomic mass is 9.81. The third-order valence-electron chi connectivity index (χ3n) is 5.85. The fourth-order valence-corrected chi connectivity index (χ4v) is 3.56. The first kappa shape index (κ1) is 29.0. The molecule has 0 rings (SSSR count). The first-order chi connectivity index (χ1) is 13.8. The third kappa shape index (κ3) is 19.0. The van der Waals surface area contributed by atoms with Gasteiger partial charge in [0.05, 0.1) is 0 Å². The molecule has 0 bridgehead atoms. The van der Waals surface area contributed by atoms with E-state index in [1.54, 1.807) is 0 Å². The zero-order valence-electron chi connectivity index (χ0n) is 21.8. The topological polar surface area (TPSA) is 0 Å². The van der Waals surface area contributed by atoms with Crippen molar-refractivity contribution >= 4 is 0 Å². The zero-order valence-corrected chi connectivity index (χ0v) is 21.8. The van der Waals surface area contributed by atoms with Crippen LogP contribution in [0.15, 0.2) is 48.6 Å². The van der Waals surface area contributed by atoms with Gasteiger partial charge in [0.2, 0.25) is 0 Å². The molecule has 0 nitrogen and oxygen atoms in total. The van der Waals surface area contributed by atoms with Gasteiger partial charge in [0.1, 0.15) is 0 Å². The molecule has 0 fully saturated rings. The average molecular weight is 415 g/mol. The fraction of sp³-hybridized carbons (Fsp3) is 0.733. The van der Waals surface area contributed by atoms with Crippen LogP contribution in [0.3, 0.4) is 0 Å². The van der Waals surface area contributed by atoms with E-state index in [4.69, 9.17) is 0 Å². The van der Waals surface area contributed by atoms with E-state index >= 15 is 0 Å². The van der Waals surface area contributed by atoms with Crippen molar-refractivity contribution < 1.29 is 0 Å². The smallest absolute Gasteiger partial charge is 0.0134 e. The van der Waals surface area contributed by atoms with E-state index in [-0.39, 0.29) is 0 Å².